The Kier molecular flexibility index (Phi) is 3.56. The van der Waals surface area contributed by atoms with Crippen molar-refractivity contribution in [3.8, 4) is 0 Å². The number of nitrogens with zero attached hydrogens (tertiary/aromatic N) is 1. The van der Waals surface area contributed by atoms with Crippen LogP contribution in [0.5, 0.6) is 0 Å². The predicted octanol–water partition coefficient (Wildman–Crippen LogP) is 0.723. The van der Waals surface area contributed by atoms with E-state index in [1.54, 1.807) is 0 Å². The molecule has 0 aliphatic heterocycles. The first-order valence-corrected chi connectivity index (χ1v) is 4.08. The highest BCUT2D eigenvalue weighted by molar-refractivity contribution is 6.39. The third kappa shape index (κ3) is 2.91. The fourth-order valence-electron chi connectivity index (χ4n) is 0.890. The number of carbonyl (C=O) groups is 2. The van der Waals surface area contributed by atoms with Gasteiger partial charge in [0.25, 0.3) is 5.78 Å². The van der Waals surface area contributed by atoms with E-state index in [0.717, 1.165) is 13.2 Å². The number of ketones is 1. The van der Waals surface area contributed by atoms with E-state index in [0.29, 0.717) is 5.56 Å². The van der Waals surface area contributed by atoms with Gasteiger partial charge in [0.15, 0.2) is 0 Å². The monoisotopic (exact) mass is 207 g/mol. The number of esters is 1. The van der Waals surface area contributed by atoms with Crippen molar-refractivity contribution in [1.82, 2.24) is 4.98 Å². The maximum atomic E-state index is 11.0. The quantitative estimate of drug-likeness (QED) is 0.342. The summed E-state index contributed by atoms with van der Waals surface area (Å²) < 4.78 is 4.19. The fourth-order valence-corrected chi connectivity index (χ4v) is 0.890. The van der Waals surface area contributed by atoms with Gasteiger partial charge in [0.2, 0.25) is 0 Å². The molecule has 0 saturated carbocycles. The van der Waals surface area contributed by atoms with Crippen molar-refractivity contribution in [3.63, 3.8) is 0 Å². The lowest BCUT2D eigenvalue weighted by atomic mass is 10.2. The molecule has 0 spiro atoms. The van der Waals surface area contributed by atoms with Crippen molar-refractivity contribution in [2.45, 2.75) is 0 Å². The molecular formula is C10H9NO4. The van der Waals surface area contributed by atoms with E-state index < -0.39 is 11.8 Å². The summed E-state index contributed by atoms with van der Waals surface area (Å²) in [6.07, 6.45) is 3.73. The van der Waals surface area contributed by atoms with Crippen molar-refractivity contribution in [1.29, 1.82) is 0 Å². The average Bonchev–Trinajstić information content (AvgIpc) is 2.29. The van der Waals surface area contributed by atoms with Crippen LogP contribution >= 0.6 is 0 Å². The first-order chi connectivity index (χ1) is 7.15. The Morgan fingerprint density at radius 3 is 2.53 bits per heavy atom. The molecule has 0 aliphatic rings. The van der Waals surface area contributed by atoms with Crippen LogP contribution in [0.4, 0.5) is 0 Å². The van der Waals surface area contributed by atoms with Crippen LogP contribution in [0.3, 0.4) is 0 Å². The summed E-state index contributed by atoms with van der Waals surface area (Å²) in [6, 6.07) is 3.02. The second-order valence-electron chi connectivity index (χ2n) is 2.62. The highest BCUT2D eigenvalue weighted by Gasteiger charge is 2.12. The summed E-state index contributed by atoms with van der Waals surface area (Å²) in [5, 5.41) is 9.44. The molecule has 1 rings (SSSR count). The standard InChI is InChI=1S/C10H9NO4/c1-15-10(14)9(13)6-8(12)7-2-4-11-5-3-7/h2-6,12H,1H3/b8-6+. The normalized spacial score (nSPS) is 10.9. The van der Waals surface area contributed by atoms with Crippen LogP contribution in [-0.4, -0.2) is 29.0 Å². The number of aliphatic hydroxyl groups is 1. The molecule has 1 aromatic heterocycles. The molecule has 5 heteroatoms. The number of pyridine rings is 1. The summed E-state index contributed by atoms with van der Waals surface area (Å²) in [7, 11) is 1.09. The van der Waals surface area contributed by atoms with Gasteiger partial charge < -0.3 is 9.84 Å². The Labute approximate surface area is 86.0 Å². The number of hydrogen-bond acceptors (Lipinski definition) is 5. The van der Waals surface area contributed by atoms with Crippen LogP contribution in [0.1, 0.15) is 5.56 Å². The van der Waals surface area contributed by atoms with Crippen molar-refractivity contribution in [2.24, 2.45) is 0 Å². The van der Waals surface area contributed by atoms with Gasteiger partial charge in [0.1, 0.15) is 5.76 Å². The van der Waals surface area contributed by atoms with Crippen LogP contribution < -0.4 is 0 Å². The third-order valence-electron chi connectivity index (χ3n) is 1.63. The lowest BCUT2D eigenvalue weighted by molar-refractivity contribution is -0.149. The van der Waals surface area contributed by atoms with E-state index in [-0.39, 0.29) is 5.76 Å². The summed E-state index contributed by atoms with van der Waals surface area (Å²) >= 11 is 0. The van der Waals surface area contributed by atoms with Crippen molar-refractivity contribution < 1.29 is 19.4 Å². The smallest absolute Gasteiger partial charge is 0.378 e. The topological polar surface area (TPSA) is 76.5 Å². The van der Waals surface area contributed by atoms with Gasteiger partial charge in [-0.2, -0.15) is 0 Å². The van der Waals surface area contributed by atoms with E-state index in [4.69, 9.17) is 0 Å². The molecule has 0 saturated heterocycles. The molecule has 1 heterocycles. The Balaban J connectivity index is 2.86. The number of rotatable bonds is 3. The van der Waals surface area contributed by atoms with Crippen molar-refractivity contribution >= 4 is 17.5 Å². The number of ether oxygens (including phenoxy) is 1. The number of aliphatic hydroxyl groups excluding tert-OH is 1. The zero-order valence-corrected chi connectivity index (χ0v) is 8.01. The molecule has 0 aliphatic carbocycles. The van der Waals surface area contributed by atoms with Gasteiger partial charge in [-0.3, -0.25) is 9.78 Å². The molecule has 0 unspecified atom stereocenters. The van der Waals surface area contributed by atoms with Gasteiger partial charge in [-0.1, -0.05) is 0 Å². The van der Waals surface area contributed by atoms with Crippen molar-refractivity contribution in [2.75, 3.05) is 7.11 Å². The minimum atomic E-state index is -1.02. The highest BCUT2D eigenvalue weighted by Crippen LogP contribution is 2.08. The van der Waals surface area contributed by atoms with E-state index >= 15 is 0 Å². The van der Waals surface area contributed by atoms with E-state index in [1.807, 2.05) is 0 Å². The number of methoxy groups -OCH3 is 1. The highest BCUT2D eigenvalue weighted by atomic mass is 16.5. The van der Waals surface area contributed by atoms with Crippen LogP contribution in [0.2, 0.25) is 0 Å². The molecule has 0 radical (unpaired) electrons. The number of hydrogen-bond donors (Lipinski definition) is 1. The molecular weight excluding hydrogens is 198 g/mol. The van der Waals surface area contributed by atoms with E-state index in [1.165, 1.54) is 24.5 Å². The summed E-state index contributed by atoms with van der Waals surface area (Å²) in [4.78, 5) is 25.5. The second kappa shape index (κ2) is 4.90. The van der Waals surface area contributed by atoms with Crippen LogP contribution in [-0.2, 0) is 14.3 Å². The van der Waals surface area contributed by atoms with Gasteiger partial charge in [-0.15, -0.1) is 0 Å². The minimum Gasteiger partial charge on any atom is -0.507 e. The Bertz CT molecular complexity index is 397. The molecule has 0 atom stereocenters. The first-order valence-electron chi connectivity index (χ1n) is 4.08. The van der Waals surface area contributed by atoms with Crippen LogP contribution in [0, 0.1) is 0 Å². The molecule has 5 nitrogen and oxygen atoms in total. The third-order valence-corrected chi connectivity index (χ3v) is 1.63. The minimum absolute atomic E-state index is 0.298. The fraction of sp³-hybridized carbons (Fsp3) is 0.100. The summed E-state index contributed by atoms with van der Waals surface area (Å²) in [6.45, 7) is 0. The summed E-state index contributed by atoms with van der Waals surface area (Å²) in [5.41, 5.74) is 0.405. The predicted molar refractivity (Wildman–Crippen MR) is 51.9 cm³/mol. The average molecular weight is 207 g/mol. The Hall–Kier alpha value is -2.17. The first kappa shape index (κ1) is 10.9. The SMILES string of the molecule is COC(=O)C(=O)/C=C(/O)c1ccncc1. The molecule has 78 valence electrons. The molecule has 0 fully saturated rings. The van der Waals surface area contributed by atoms with Gasteiger partial charge in [-0.25, -0.2) is 4.79 Å². The van der Waals surface area contributed by atoms with Gasteiger partial charge in [0.05, 0.1) is 7.11 Å². The maximum absolute atomic E-state index is 11.0. The molecule has 15 heavy (non-hydrogen) atoms. The molecule has 0 amide bonds. The molecule has 1 aromatic rings. The van der Waals surface area contributed by atoms with Gasteiger partial charge in [-0.05, 0) is 12.1 Å². The lowest BCUT2D eigenvalue weighted by Crippen LogP contribution is -2.13. The zero-order valence-electron chi connectivity index (χ0n) is 8.01. The largest absolute Gasteiger partial charge is 0.507 e. The van der Waals surface area contributed by atoms with Crippen LogP contribution in [0.25, 0.3) is 5.76 Å². The summed E-state index contributed by atoms with van der Waals surface area (Å²) in [5.74, 6) is -2.23. The second-order valence-corrected chi connectivity index (χ2v) is 2.62. The van der Waals surface area contributed by atoms with Gasteiger partial charge in [0, 0.05) is 24.0 Å². The number of carbonyl (C=O) groups excluding carboxylic acids is 2. The Morgan fingerprint density at radius 2 is 2.00 bits per heavy atom. The maximum Gasteiger partial charge on any atom is 0.378 e. The van der Waals surface area contributed by atoms with E-state index in [9.17, 15) is 14.7 Å². The van der Waals surface area contributed by atoms with Gasteiger partial charge >= 0.3 is 5.97 Å². The Morgan fingerprint density at radius 1 is 1.40 bits per heavy atom. The molecule has 1 N–H and O–H groups in total. The number of aromatic nitrogens is 1. The van der Waals surface area contributed by atoms with E-state index in [2.05, 4.69) is 9.72 Å². The zero-order chi connectivity index (χ0) is 11.3. The lowest BCUT2D eigenvalue weighted by Gasteiger charge is -1.98. The van der Waals surface area contributed by atoms with Crippen LogP contribution in [0.15, 0.2) is 30.6 Å². The molecule has 0 bridgehead atoms. The van der Waals surface area contributed by atoms with Crippen molar-refractivity contribution in [3.05, 3.63) is 36.2 Å². The molecule has 0 aromatic carbocycles.